The fourth-order valence-electron chi connectivity index (χ4n) is 1.67. The Balaban J connectivity index is 1.93. The van der Waals surface area contributed by atoms with E-state index in [4.69, 9.17) is 4.74 Å². The summed E-state index contributed by atoms with van der Waals surface area (Å²) in [5, 5.41) is 3.17. The average molecular weight is 245 g/mol. The van der Waals surface area contributed by atoms with Crippen LogP contribution in [0.2, 0.25) is 0 Å². The van der Waals surface area contributed by atoms with Crippen molar-refractivity contribution in [1.29, 1.82) is 0 Å². The van der Waals surface area contributed by atoms with Crippen molar-refractivity contribution in [2.24, 2.45) is 0 Å². The minimum Gasteiger partial charge on any atom is -0.494 e. The molecule has 0 atom stereocenters. The highest BCUT2D eigenvalue weighted by molar-refractivity contribution is 5.44. The van der Waals surface area contributed by atoms with Gasteiger partial charge in [-0.1, -0.05) is 18.2 Å². The van der Waals surface area contributed by atoms with Crippen LogP contribution in [0.1, 0.15) is 12.5 Å². The Bertz CT molecular complexity index is 496. The van der Waals surface area contributed by atoms with Crippen molar-refractivity contribution in [2.45, 2.75) is 13.5 Å². The van der Waals surface area contributed by atoms with Crippen LogP contribution in [-0.2, 0) is 6.54 Å². The zero-order valence-electron chi connectivity index (χ0n) is 10.3. The molecule has 94 valence electrons. The number of benzene rings is 2. The third-order valence-corrected chi connectivity index (χ3v) is 2.56. The maximum atomic E-state index is 13.0. The Morgan fingerprint density at radius 1 is 1.11 bits per heavy atom. The summed E-state index contributed by atoms with van der Waals surface area (Å²) in [6.45, 7) is 3.29. The molecule has 0 fully saturated rings. The van der Waals surface area contributed by atoms with E-state index in [-0.39, 0.29) is 5.82 Å². The van der Waals surface area contributed by atoms with Crippen LogP contribution in [0.25, 0.3) is 0 Å². The first-order chi connectivity index (χ1) is 8.78. The van der Waals surface area contributed by atoms with E-state index in [0.29, 0.717) is 13.2 Å². The lowest BCUT2D eigenvalue weighted by Gasteiger charge is -2.08. The normalized spacial score (nSPS) is 10.1. The number of rotatable bonds is 5. The van der Waals surface area contributed by atoms with E-state index in [1.807, 2.05) is 37.3 Å². The topological polar surface area (TPSA) is 21.3 Å². The van der Waals surface area contributed by atoms with Crippen molar-refractivity contribution in [3.8, 4) is 5.75 Å². The zero-order chi connectivity index (χ0) is 12.8. The molecule has 0 unspecified atom stereocenters. The SMILES string of the molecule is CCOc1ccc(CNc2cccc(F)c2)cc1. The van der Waals surface area contributed by atoms with E-state index < -0.39 is 0 Å². The number of ether oxygens (including phenoxy) is 1. The van der Waals surface area contributed by atoms with E-state index in [0.717, 1.165) is 17.0 Å². The molecular weight excluding hydrogens is 229 g/mol. The molecule has 0 aromatic heterocycles. The lowest BCUT2D eigenvalue weighted by Crippen LogP contribution is -1.99. The van der Waals surface area contributed by atoms with Crippen LogP contribution in [0.4, 0.5) is 10.1 Å². The molecule has 0 aliphatic heterocycles. The smallest absolute Gasteiger partial charge is 0.125 e. The van der Waals surface area contributed by atoms with Gasteiger partial charge in [0.15, 0.2) is 0 Å². The van der Waals surface area contributed by atoms with Crippen LogP contribution in [0, 0.1) is 5.82 Å². The molecule has 18 heavy (non-hydrogen) atoms. The summed E-state index contributed by atoms with van der Waals surface area (Å²) in [7, 11) is 0. The highest BCUT2D eigenvalue weighted by atomic mass is 19.1. The molecule has 2 aromatic carbocycles. The quantitative estimate of drug-likeness (QED) is 0.864. The van der Waals surface area contributed by atoms with Crippen molar-refractivity contribution in [3.05, 3.63) is 59.9 Å². The average Bonchev–Trinajstić information content (AvgIpc) is 2.38. The van der Waals surface area contributed by atoms with Crippen molar-refractivity contribution in [2.75, 3.05) is 11.9 Å². The molecule has 2 nitrogen and oxygen atoms in total. The molecule has 0 heterocycles. The van der Waals surface area contributed by atoms with E-state index >= 15 is 0 Å². The minimum atomic E-state index is -0.230. The summed E-state index contributed by atoms with van der Waals surface area (Å²) in [5.74, 6) is 0.638. The van der Waals surface area contributed by atoms with Gasteiger partial charge >= 0.3 is 0 Å². The Morgan fingerprint density at radius 3 is 2.56 bits per heavy atom. The molecule has 0 aliphatic carbocycles. The second-order valence-electron chi connectivity index (χ2n) is 3.94. The molecule has 0 saturated carbocycles. The van der Waals surface area contributed by atoms with Gasteiger partial charge in [-0.05, 0) is 42.8 Å². The molecule has 2 rings (SSSR count). The van der Waals surface area contributed by atoms with Crippen molar-refractivity contribution in [3.63, 3.8) is 0 Å². The van der Waals surface area contributed by atoms with E-state index in [1.54, 1.807) is 6.07 Å². The predicted molar refractivity (Wildman–Crippen MR) is 71.3 cm³/mol. The van der Waals surface area contributed by atoms with Crippen LogP contribution >= 0.6 is 0 Å². The van der Waals surface area contributed by atoms with Gasteiger partial charge in [-0.3, -0.25) is 0 Å². The summed E-state index contributed by atoms with van der Waals surface area (Å²) in [5.41, 5.74) is 1.91. The zero-order valence-corrected chi connectivity index (χ0v) is 10.3. The van der Waals surface area contributed by atoms with Gasteiger partial charge in [0.1, 0.15) is 11.6 Å². The largest absolute Gasteiger partial charge is 0.494 e. The molecule has 2 aromatic rings. The fourth-order valence-corrected chi connectivity index (χ4v) is 1.67. The van der Waals surface area contributed by atoms with Gasteiger partial charge < -0.3 is 10.1 Å². The van der Waals surface area contributed by atoms with Crippen LogP contribution in [0.15, 0.2) is 48.5 Å². The number of halogens is 1. The second kappa shape index (κ2) is 6.05. The number of hydrogen-bond acceptors (Lipinski definition) is 2. The van der Waals surface area contributed by atoms with Crippen molar-refractivity contribution >= 4 is 5.69 Å². The molecular formula is C15H16FNO. The van der Waals surface area contributed by atoms with Gasteiger partial charge in [-0.2, -0.15) is 0 Å². The second-order valence-corrected chi connectivity index (χ2v) is 3.94. The first kappa shape index (κ1) is 12.4. The monoisotopic (exact) mass is 245 g/mol. The molecule has 0 saturated heterocycles. The van der Waals surface area contributed by atoms with Gasteiger partial charge in [0, 0.05) is 12.2 Å². The number of anilines is 1. The maximum Gasteiger partial charge on any atom is 0.125 e. The van der Waals surface area contributed by atoms with E-state index in [1.165, 1.54) is 12.1 Å². The van der Waals surface area contributed by atoms with Gasteiger partial charge in [0.05, 0.1) is 6.61 Å². The molecule has 3 heteroatoms. The third kappa shape index (κ3) is 3.48. The highest BCUT2D eigenvalue weighted by Gasteiger charge is 1.97. The standard InChI is InChI=1S/C15H16FNO/c1-2-18-15-8-6-12(7-9-15)11-17-14-5-3-4-13(16)10-14/h3-10,17H,2,11H2,1H3. The van der Waals surface area contributed by atoms with Crippen LogP contribution in [0.5, 0.6) is 5.75 Å². The summed E-state index contributed by atoms with van der Waals surface area (Å²) in [6, 6.07) is 14.3. The fraction of sp³-hybridized carbons (Fsp3) is 0.200. The molecule has 0 amide bonds. The predicted octanol–water partition coefficient (Wildman–Crippen LogP) is 3.84. The number of hydrogen-bond donors (Lipinski definition) is 1. The molecule has 0 bridgehead atoms. The van der Waals surface area contributed by atoms with Crippen LogP contribution < -0.4 is 10.1 Å². The summed E-state index contributed by atoms with van der Waals surface area (Å²) in [4.78, 5) is 0. The maximum absolute atomic E-state index is 13.0. The lowest BCUT2D eigenvalue weighted by molar-refractivity contribution is 0.340. The van der Waals surface area contributed by atoms with Gasteiger partial charge in [0.25, 0.3) is 0 Å². The van der Waals surface area contributed by atoms with Crippen LogP contribution in [0.3, 0.4) is 0 Å². The van der Waals surface area contributed by atoms with E-state index in [2.05, 4.69) is 5.32 Å². The highest BCUT2D eigenvalue weighted by Crippen LogP contribution is 2.14. The Labute approximate surface area is 106 Å². The first-order valence-corrected chi connectivity index (χ1v) is 5.99. The first-order valence-electron chi connectivity index (χ1n) is 5.99. The van der Waals surface area contributed by atoms with E-state index in [9.17, 15) is 4.39 Å². The van der Waals surface area contributed by atoms with Gasteiger partial charge in [-0.25, -0.2) is 4.39 Å². The lowest BCUT2D eigenvalue weighted by atomic mass is 10.2. The molecule has 1 N–H and O–H groups in total. The third-order valence-electron chi connectivity index (χ3n) is 2.56. The molecule has 0 radical (unpaired) electrons. The molecule has 0 spiro atoms. The van der Waals surface area contributed by atoms with Crippen molar-refractivity contribution in [1.82, 2.24) is 0 Å². The summed E-state index contributed by atoms with van der Waals surface area (Å²) >= 11 is 0. The Morgan fingerprint density at radius 2 is 1.89 bits per heavy atom. The van der Waals surface area contributed by atoms with Gasteiger partial charge in [0.2, 0.25) is 0 Å². The van der Waals surface area contributed by atoms with Crippen molar-refractivity contribution < 1.29 is 9.13 Å². The van der Waals surface area contributed by atoms with Crippen LogP contribution in [-0.4, -0.2) is 6.61 Å². The summed E-state index contributed by atoms with van der Waals surface area (Å²) < 4.78 is 18.3. The summed E-state index contributed by atoms with van der Waals surface area (Å²) in [6.07, 6.45) is 0. The Kier molecular flexibility index (Phi) is 4.18. The minimum absolute atomic E-state index is 0.230. The molecule has 0 aliphatic rings. The Hall–Kier alpha value is -2.03. The number of nitrogens with one attached hydrogen (secondary N) is 1. The van der Waals surface area contributed by atoms with Gasteiger partial charge in [-0.15, -0.1) is 0 Å².